The van der Waals surface area contributed by atoms with Crippen molar-refractivity contribution in [3.05, 3.63) is 0 Å². The van der Waals surface area contributed by atoms with Crippen molar-refractivity contribution in [2.75, 3.05) is 0 Å². The molecule has 0 radical (unpaired) electrons. The minimum atomic E-state index is -5.04. The third kappa shape index (κ3) is 3.21. The Morgan fingerprint density at radius 2 is 1.27 bits per heavy atom. The summed E-state index contributed by atoms with van der Waals surface area (Å²) in [5.41, 5.74) is 0. The van der Waals surface area contributed by atoms with Gasteiger partial charge < -0.3 is 0 Å². The van der Waals surface area contributed by atoms with Crippen LogP contribution in [0.3, 0.4) is 0 Å². The molecule has 0 saturated heterocycles. The van der Waals surface area contributed by atoms with Crippen LogP contribution in [0.15, 0.2) is 0 Å². The zero-order chi connectivity index (χ0) is 9.28. The summed E-state index contributed by atoms with van der Waals surface area (Å²) in [5.74, 6) is 0. The summed E-state index contributed by atoms with van der Waals surface area (Å²) < 4.78 is 63.3. The number of rotatable bonds is 3. The van der Waals surface area contributed by atoms with E-state index in [1.54, 1.807) is 0 Å². The summed E-state index contributed by atoms with van der Waals surface area (Å²) in [6.45, 7) is 0. The van der Waals surface area contributed by atoms with E-state index in [9.17, 15) is 21.4 Å². The first-order valence-corrected chi connectivity index (χ1v) is 5.83. The summed E-state index contributed by atoms with van der Waals surface area (Å²) in [6.07, 6.45) is 0. The van der Waals surface area contributed by atoms with E-state index in [0.717, 1.165) is 0 Å². The fourth-order valence-corrected chi connectivity index (χ4v) is 2.36. The number of hydrogen-bond donors (Lipinski definition) is 2. The second-order valence-electron chi connectivity index (χ2n) is 1.44. The van der Waals surface area contributed by atoms with E-state index < -0.39 is 33.0 Å². The average Bonchev–Trinajstić information content (AvgIpc) is 1.56. The molecule has 0 aliphatic carbocycles. The van der Waals surface area contributed by atoms with E-state index in [1.807, 2.05) is 0 Å². The molecule has 0 fully saturated rings. The molecule has 11 heavy (non-hydrogen) atoms. The van der Waals surface area contributed by atoms with Gasteiger partial charge in [0.15, 0.2) is 8.46 Å². The molecule has 0 saturated carbocycles. The first-order chi connectivity index (χ1) is 4.69. The molecule has 0 aliphatic heterocycles. The van der Waals surface area contributed by atoms with E-state index in [0.29, 0.717) is 0 Å². The van der Waals surface area contributed by atoms with Gasteiger partial charge in [0.1, 0.15) is 0 Å². The highest BCUT2D eigenvalue weighted by molar-refractivity contribution is 8.09. The molecule has 0 heterocycles. The molecule has 0 aromatic heterocycles. The highest BCUT2D eigenvalue weighted by Gasteiger charge is 2.36. The molecule has 0 aromatic rings. The van der Waals surface area contributed by atoms with Gasteiger partial charge in [0.2, 0.25) is 0 Å². The minimum Gasteiger partial charge on any atom is -0.284 e. The van der Waals surface area contributed by atoms with E-state index in [-0.39, 0.29) is 0 Å². The normalized spacial score (nSPS) is 14.1. The Balaban J connectivity index is 5.21. The smallest absolute Gasteiger partial charge is 0.284 e. The quantitative estimate of drug-likeness (QED) is 0.479. The molecule has 2 N–H and O–H groups in total. The van der Waals surface area contributed by atoms with Gasteiger partial charge in [0, 0.05) is 0 Å². The molecule has 0 amide bonds. The van der Waals surface area contributed by atoms with Crippen molar-refractivity contribution in [3.63, 3.8) is 0 Å². The predicted octanol–water partition coefficient (Wildman–Crippen LogP) is -0.663. The fraction of sp³-hybridized carbons (Fsp3) is 1.00. The van der Waals surface area contributed by atoms with Crippen LogP contribution in [-0.4, -0.2) is 30.3 Å². The largest absolute Gasteiger partial charge is 0.296 e. The van der Waals surface area contributed by atoms with Crippen molar-refractivity contribution in [3.8, 4) is 0 Å². The van der Waals surface area contributed by atoms with E-state index in [2.05, 4.69) is 0 Å². The van der Waals surface area contributed by atoms with Gasteiger partial charge in [-0.25, -0.2) is 0 Å². The second-order valence-corrected chi connectivity index (χ2v) is 6.17. The first-order valence-electron chi connectivity index (χ1n) is 1.94. The van der Waals surface area contributed by atoms with Crippen molar-refractivity contribution >= 4 is 28.7 Å². The molecule has 7 nitrogen and oxygen atoms in total. The molecule has 0 rings (SSSR count). The van der Waals surface area contributed by atoms with Crippen LogP contribution in [0.2, 0.25) is 0 Å². The van der Waals surface area contributed by atoms with Crippen LogP contribution >= 0.6 is 8.46 Å². The highest BCUT2D eigenvalue weighted by atomic mass is 32.3. The first kappa shape index (κ1) is 10.9. The van der Waals surface area contributed by atoms with Gasteiger partial charge in [-0.2, -0.15) is 16.8 Å². The van der Waals surface area contributed by atoms with Crippen LogP contribution in [0.1, 0.15) is 0 Å². The van der Waals surface area contributed by atoms with Crippen LogP contribution in [0.5, 0.6) is 0 Å². The van der Waals surface area contributed by atoms with Crippen LogP contribution < -0.4 is 0 Å². The third-order valence-corrected chi connectivity index (χ3v) is 5.36. The van der Waals surface area contributed by atoms with Gasteiger partial charge in [-0.05, 0) is 0 Å². The molecule has 0 spiro atoms. The zero-order valence-corrected chi connectivity index (χ0v) is 7.30. The summed E-state index contributed by atoms with van der Waals surface area (Å²) in [5, 5.41) is 0. The van der Waals surface area contributed by atoms with Gasteiger partial charge in [0.05, 0.1) is 0 Å². The Bertz CT molecular complexity index is 303. The Hall–Kier alpha value is -0.0800. The molecule has 0 unspecified atom stereocenters. The molecular formula is CH3O7PS2. The van der Waals surface area contributed by atoms with Crippen molar-refractivity contribution < 1.29 is 30.5 Å². The molecule has 10 heteroatoms. The van der Waals surface area contributed by atoms with E-state index in [4.69, 9.17) is 9.11 Å². The van der Waals surface area contributed by atoms with Crippen LogP contribution in [-0.2, 0) is 24.8 Å². The van der Waals surface area contributed by atoms with Crippen molar-refractivity contribution in [1.82, 2.24) is 0 Å². The lowest BCUT2D eigenvalue weighted by Crippen LogP contribution is -2.23. The van der Waals surface area contributed by atoms with Crippen molar-refractivity contribution in [2.45, 2.75) is 4.32 Å². The van der Waals surface area contributed by atoms with Crippen LogP contribution in [0.25, 0.3) is 0 Å². The molecule has 0 atom stereocenters. The number of hydrogen-bond acceptors (Lipinski definition) is 5. The Kier molecular flexibility index (Phi) is 3.09. The van der Waals surface area contributed by atoms with Crippen LogP contribution in [0.4, 0.5) is 0 Å². The maximum Gasteiger partial charge on any atom is 0.296 e. The standard InChI is InChI=1S/CH3O7PS2/c2-9-1(10(3,4)5)11(6,7)8/h1H,(H,3,4,5)(H,6,7,8). The molecule has 66 valence electrons. The van der Waals surface area contributed by atoms with Gasteiger partial charge in [-0.1, -0.05) is 0 Å². The van der Waals surface area contributed by atoms with Crippen molar-refractivity contribution in [2.24, 2.45) is 0 Å². The van der Waals surface area contributed by atoms with Gasteiger partial charge in [-0.3, -0.25) is 13.7 Å². The predicted molar refractivity (Wildman–Crippen MR) is 34.5 cm³/mol. The molecule has 0 aliphatic rings. The fourth-order valence-electron chi connectivity index (χ4n) is 0.262. The zero-order valence-electron chi connectivity index (χ0n) is 4.78. The topological polar surface area (TPSA) is 126 Å². The third-order valence-electron chi connectivity index (χ3n) is 0.596. The van der Waals surface area contributed by atoms with Crippen molar-refractivity contribution in [1.29, 1.82) is 0 Å². The van der Waals surface area contributed by atoms with Gasteiger partial charge in [0.25, 0.3) is 24.6 Å². The summed E-state index contributed by atoms with van der Waals surface area (Å²) >= 11 is 0. The lowest BCUT2D eigenvalue weighted by atomic mass is 11.9. The highest BCUT2D eigenvalue weighted by Crippen LogP contribution is 2.18. The lowest BCUT2D eigenvalue weighted by Gasteiger charge is -1.99. The Morgan fingerprint density at radius 1 is 1.00 bits per heavy atom. The Labute approximate surface area is 64.1 Å². The van der Waals surface area contributed by atoms with E-state index in [1.165, 1.54) is 0 Å². The maximum absolute atomic E-state index is 10.0. The minimum absolute atomic E-state index is 1.41. The summed E-state index contributed by atoms with van der Waals surface area (Å²) in [7, 11) is -11.5. The average molecular weight is 222 g/mol. The summed E-state index contributed by atoms with van der Waals surface area (Å²) in [6, 6.07) is 0. The van der Waals surface area contributed by atoms with E-state index >= 15 is 0 Å². The van der Waals surface area contributed by atoms with Crippen LogP contribution in [0, 0.1) is 0 Å². The Morgan fingerprint density at radius 3 is 1.27 bits per heavy atom. The lowest BCUT2D eigenvalue weighted by molar-refractivity contribution is 0.466. The second kappa shape index (κ2) is 3.11. The van der Waals surface area contributed by atoms with Gasteiger partial charge >= 0.3 is 0 Å². The SMILES string of the molecule is O=PC(S(=O)(=O)O)S(=O)(=O)O. The summed E-state index contributed by atoms with van der Waals surface area (Å²) in [4.78, 5) is 0. The maximum atomic E-state index is 10.0. The monoisotopic (exact) mass is 222 g/mol. The van der Waals surface area contributed by atoms with Gasteiger partial charge in [-0.15, -0.1) is 0 Å². The molecule has 0 bridgehead atoms. The molecular weight excluding hydrogens is 219 g/mol. The molecule has 0 aromatic carbocycles.